The van der Waals surface area contributed by atoms with Gasteiger partial charge in [0, 0.05) is 40.5 Å². The van der Waals surface area contributed by atoms with Gasteiger partial charge in [0.25, 0.3) is 0 Å². The maximum Gasteiger partial charge on any atom is 0.0733 e. The van der Waals surface area contributed by atoms with Crippen LogP contribution >= 0.6 is 0 Å². The third kappa shape index (κ3) is 5.14. The molecule has 260 valence electrons. The Hall–Kier alpha value is -5.34. The molecule has 1 saturated carbocycles. The standard InChI is InChI=1S/C50H50N2/c1-7-21-40-41-28-20-29-47(49(41)51(6)46(40)10-4)52(36-26-18-13-19-27-36)37-30-31-42-44(32-37)50(5,35-24-16-12-17-25-35)45-33-43(34-22-14-11-15-23-34)38(8-2)39(9-3)48(42)45/h7-10,12,16-18,20-21,24-34H,2-4,11,13-15,19,22-23H2,1,5-6H3/b21-7-. The summed E-state index contributed by atoms with van der Waals surface area (Å²) in [6, 6.07) is 27.6. The molecule has 0 radical (unpaired) electrons. The summed E-state index contributed by atoms with van der Waals surface area (Å²) < 4.78 is 2.31. The van der Waals surface area contributed by atoms with Crippen molar-refractivity contribution < 1.29 is 0 Å². The first kappa shape index (κ1) is 33.8. The van der Waals surface area contributed by atoms with E-state index in [2.05, 4.69) is 165 Å². The smallest absolute Gasteiger partial charge is 0.0733 e. The van der Waals surface area contributed by atoms with Crippen molar-refractivity contribution in [3.8, 4) is 11.1 Å². The third-order valence-corrected chi connectivity index (χ3v) is 12.1. The fourth-order valence-corrected chi connectivity index (χ4v) is 9.65. The van der Waals surface area contributed by atoms with Crippen molar-refractivity contribution in [1.29, 1.82) is 0 Å². The minimum absolute atomic E-state index is 0.364. The molecule has 0 spiro atoms. The van der Waals surface area contributed by atoms with Crippen molar-refractivity contribution in [1.82, 2.24) is 4.57 Å². The van der Waals surface area contributed by atoms with Crippen LogP contribution in [-0.4, -0.2) is 4.57 Å². The number of allylic oxidation sites excluding steroid dienone is 4. The highest BCUT2D eigenvalue weighted by atomic mass is 15.2. The SMILES string of the molecule is C=Cc1c(C2CCCCC2)cc2c(c1C=C)-c1ccc(N(C3=CCCC=C3)c3cccc4c(/C=C\C)c(C=C)n(C)c34)cc1C2(C)c1ccccc1. The molecule has 4 aromatic carbocycles. The largest absolute Gasteiger partial charge is 0.342 e. The molecule has 1 aromatic heterocycles. The molecule has 5 aromatic rings. The zero-order chi connectivity index (χ0) is 36.0. The van der Waals surface area contributed by atoms with Gasteiger partial charge < -0.3 is 9.47 Å². The first-order valence-corrected chi connectivity index (χ1v) is 19.2. The Bertz CT molecular complexity index is 2320. The molecule has 2 nitrogen and oxygen atoms in total. The highest BCUT2D eigenvalue weighted by Gasteiger charge is 2.43. The lowest BCUT2D eigenvalue weighted by Crippen LogP contribution is -2.24. The predicted molar refractivity (Wildman–Crippen MR) is 226 cm³/mol. The van der Waals surface area contributed by atoms with E-state index in [1.54, 1.807) is 0 Å². The second-order valence-electron chi connectivity index (χ2n) is 14.9. The van der Waals surface area contributed by atoms with Crippen molar-refractivity contribution in [2.75, 3.05) is 4.90 Å². The van der Waals surface area contributed by atoms with Crippen molar-refractivity contribution in [3.05, 3.63) is 167 Å². The van der Waals surface area contributed by atoms with E-state index in [1.165, 1.54) is 98.8 Å². The van der Waals surface area contributed by atoms with E-state index in [9.17, 15) is 0 Å². The summed E-state index contributed by atoms with van der Waals surface area (Å²) in [6.45, 7) is 17.5. The molecule has 2 heteroatoms. The summed E-state index contributed by atoms with van der Waals surface area (Å²) in [6.07, 6.45) is 26.0. The summed E-state index contributed by atoms with van der Waals surface area (Å²) in [4.78, 5) is 2.48. The van der Waals surface area contributed by atoms with Crippen molar-refractivity contribution >= 4 is 46.6 Å². The Kier molecular flexibility index (Phi) is 8.87. The van der Waals surface area contributed by atoms with Gasteiger partial charge in [-0.2, -0.15) is 0 Å². The fourth-order valence-electron chi connectivity index (χ4n) is 9.65. The molecule has 52 heavy (non-hydrogen) atoms. The first-order valence-electron chi connectivity index (χ1n) is 19.2. The number of hydrogen-bond donors (Lipinski definition) is 0. The molecular formula is C50H50N2. The normalized spacial score (nSPS) is 18.3. The number of hydrogen-bond acceptors (Lipinski definition) is 1. The van der Waals surface area contributed by atoms with Gasteiger partial charge in [0.2, 0.25) is 0 Å². The Morgan fingerprint density at radius 1 is 0.808 bits per heavy atom. The third-order valence-electron chi connectivity index (χ3n) is 12.1. The zero-order valence-corrected chi connectivity index (χ0v) is 31.1. The van der Waals surface area contributed by atoms with Crippen LogP contribution in [0.15, 0.2) is 123 Å². The van der Waals surface area contributed by atoms with Crippen molar-refractivity contribution in [2.45, 2.75) is 70.1 Å². The van der Waals surface area contributed by atoms with Crippen LogP contribution in [0.1, 0.15) is 109 Å². The van der Waals surface area contributed by atoms with Crippen molar-refractivity contribution in [3.63, 3.8) is 0 Å². The van der Waals surface area contributed by atoms with E-state index in [-0.39, 0.29) is 5.41 Å². The van der Waals surface area contributed by atoms with E-state index in [4.69, 9.17) is 0 Å². The maximum absolute atomic E-state index is 4.42. The zero-order valence-electron chi connectivity index (χ0n) is 31.1. The molecule has 3 aliphatic carbocycles. The van der Waals surface area contributed by atoms with Gasteiger partial charge in [0.15, 0.2) is 0 Å². The number of rotatable bonds is 9. The van der Waals surface area contributed by atoms with Crippen LogP contribution in [0.3, 0.4) is 0 Å². The van der Waals surface area contributed by atoms with E-state index in [0.29, 0.717) is 5.92 Å². The average Bonchev–Trinajstić information content (AvgIpc) is 3.62. The van der Waals surface area contributed by atoms with Gasteiger partial charge in [-0.3, -0.25) is 0 Å². The van der Waals surface area contributed by atoms with Gasteiger partial charge in [-0.05, 0) is 120 Å². The minimum atomic E-state index is -0.364. The number of nitrogens with zero attached hydrogens (tertiary/aromatic N) is 2. The molecule has 1 fully saturated rings. The number of aryl methyl sites for hydroxylation is 1. The molecule has 0 saturated heterocycles. The summed E-state index contributed by atoms with van der Waals surface area (Å²) in [5.41, 5.74) is 17.2. The number of para-hydroxylation sites is 1. The molecule has 1 unspecified atom stereocenters. The van der Waals surface area contributed by atoms with Gasteiger partial charge in [0.05, 0.1) is 11.2 Å². The van der Waals surface area contributed by atoms with E-state index < -0.39 is 0 Å². The molecule has 0 amide bonds. The molecule has 3 aliphatic rings. The van der Waals surface area contributed by atoms with Gasteiger partial charge in [-0.15, -0.1) is 0 Å². The Labute approximate surface area is 310 Å². The van der Waals surface area contributed by atoms with Crippen LogP contribution in [0.25, 0.3) is 46.3 Å². The number of fused-ring (bicyclic) bond motifs is 4. The fraction of sp³-hybridized carbons (Fsp3) is 0.240. The molecular weight excluding hydrogens is 629 g/mol. The Morgan fingerprint density at radius 2 is 1.60 bits per heavy atom. The second-order valence-corrected chi connectivity index (χ2v) is 14.9. The van der Waals surface area contributed by atoms with Crippen LogP contribution in [0.4, 0.5) is 11.4 Å². The number of aromatic nitrogens is 1. The Balaban J connectivity index is 1.41. The monoisotopic (exact) mass is 678 g/mol. The van der Waals surface area contributed by atoms with Crippen LogP contribution < -0.4 is 4.90 Å². The highest BCUT2D eigenvalue weighted by molar-refractivity contribution is 6.03. The Morgan fingerprint density at radius 3 is 2.29 bits per heavy atom. The number of anilines is 2. The topological polar surface area (TPSA) is 8.17 Å². The lowest BCUT2D eigenvalue weighted by Gasteiger charge is -2.33. The van der Waals surface area contributed by atoms with Crippen LogP contribution in [0, 0.1) is 0 Å². The summed E-state index contributed by atoms with van der Waals surface area (Å²) in [5.74, 6) is 0.546. The van der Waals surface area contributed by atoms with Crippen LogP contribution in [0.2, 0.25) is 0 Å². The first-order chi connectivity index (χ1) is 25.5. The molecule has 1 heterocycles. The van der Waals surface area contributed by atoms with E-state index >= 15 is 0 Å². The van der Waals surface area contributed by atoms with Gasteiger partial charge in [0.1, 0.15) is 0 Å². The summed E-state index contributed by atoms with van der Waals surface area (Å²) >= 11 is 0. The molecule has 0 N–H and O–H groups in total. The molecule has 0 aliphatic heterocycles. The second kappa shape index (κ2) is 13.7. The van der Waals surface area contributed by atoms with Crippen LogP contribution in [0.5, 0.6) is 0 Å². The quantitative estimate of drug-likeness (QED) is 0.151. The van der Waals surface area contributed by atoms with Crippen molar-refractivity contribution in [2.24, 2.45) is 7.05 Å². The number of benzene rings is 4. The lowest BCUT2D eigenvalue weighted by molar-refractivity contribution is 0.443. The summed E-state index contributed by atoms with van der Waals surface area (Å²) in [5, 5.41) is 1.23. The van der Waals surface area contributed by atoms with Crippen LogP contribution in [-0.2, 0) is 12.5 Å². The van der Waals surface area contributed by atoms with E-state index in [0.717, 1.165) is 29.9 Å². The molecule has 8 rings (SSSR count). The van der Waals surface area contributed by atoms with E-state index in [1.807, 2.05) is 6.08 Å². The van der Waals surface area contributed by atoms with Gasteiger partial charge >= 0.3 is 0 Å². The maximum atomic E-state index is 4.42. The van der Waals surface area contributed by atoms with Gasteiger partial charge in [-0.1, -0.05) is 130 Å². The van der Waals surface area contributed by atoms with Gasteiger partial charge in [-0.25, -0.2) is 0 Å². The lowest BCUT2D eigenvalue weighted by atomic mass is 9.71. The summed E-state index contributed by atoms with van der Waals surface area (Å²) in [7, 11) is 2.17. The molecule has 1 atom stereocenters. The minimum Gasteiger partial charge on any atom is -0.342 e. The predicted octanol–water partition coefficient (Wildman–Crippen LogP) is 13.9. The molecule has 0 bridgehead atoms. The highest BCUT2D eigenvalue weighted by Crippen LogP contribution is 2.57. The average molecular weight is 679 g/mol.